The zero-order chi connectivity index (χ0) is 14.0. The van der Waals surface area contributed by atoms with Crippen LogP contribution >= 0.6 is 0 Å². The van der Waals surface area contributed by atoms with Crippen molar-refractivity contribution in [2.24, 2.45) is 0 Å². The third kappa shape index (κ3) is 1.44. The lowest BCUT2D eigenvalue weighted by Gasteiger charge is -2.24. The summed E-state index contributed by atoms with van der Waals surface area (Å²) in [5, 5.41) is 18.3. The highest BCUT2D eigenvalue weighted by Crippen LogP contribution is 2.41. The van der Waals surface area contributed by atoms with Gasteiger partial charge < -0.3 is 5.11 Å². The van der Waals surface area contributed by atoms with E-state index in [1.807, 2.05) is 0 Å². The molecule has 0 radical (unpaired) electrons. The molecule has 4 aromatic carbocycles. The Morgan fingerprint density at radius 1 is 0.857 bits per heavy atom. The Bertz CT molecular complexity index is 968. The number of aliphatic hydroxyl groups excluding tert-OH is 1. The van der Waals surface area contributed by atoms with Crippen LogP contribution in [-0.2, 0) is 6.42 Å². The summed E-state index contributed by atoms with van der Waals surface area (Å²) >= 11 is 0. The fourth-order valence-electron chi connectivity index (χ4n) is 4.09. The fourth-order valence-corrected chi connectivity index (χ4v) is 4.09. The summed E-state index contributed by atoms with van der Waals surface area (Å²) < 4.78 is 0. The minimum absolute atomic E-state index is 0.296. The van der Waals surface area contributed by atoms with Crippen LogP contribution < -0.4 is 0 Å². The van der Waals surface area contributed by atoms with E-state index in [2.05, 4.69) is 48.5 Å². The van der Waals surface area contributed by atoms with Crippen LogP contribution in [0.4, 0.5) is 0 Å². The van der Waals surface area contributed by atoms with Crippen molar-refractivity contribution in [1.82, 2.24) is 0 Å². The van der Waals surface area contributed by atoms with Gasteiger partial charge in [0, 0.05) is 0 Å². The zero-order valence-corrected chi connectivity index (χ0v) is 11.8. The molecule has 0 unspecified atom stereocenters. The van der Waals surface area contributed by atoms with Crippen molar-refractivity contribution in [2.75, 3.05) is 0 Å². The Morgan fingerprint density at radius 2 is 1.62 bits per heavy atom. The Balaban J connectivity index is 2.07. The first kappa shape index (κ1) is 11.5. The number of rotatable bonds is 0. The molecule has 1 heteroatoms. The van der Waals surface area contributed by atoms with Crippen molar-refractivity contribution in [3.63, 3.8) is 0 Å². The Hall–Kier alpha value is -2.12. The molecule has 1 N–H and O–H groups in total. The van der Waals surface area contributed by atoms with E-state index in [9.17, 15) is 5.11 Å². The Morgan fingerprint density at radius 3 is 2.48 bits per heavy atom. The average Bonchev–Trinajstić information content (AvgIpc) is 2.53. The molecule has 0 aliphatic heterocycles. The number of aryl methyl sites for hydroxylation is 1. The molecule has 1 aliphatic rings. The highest BCUT2D eigenvalue weighted by atomic mass is 16.3. The van der Waals surface area contributed by atoms with Crippen LogP contribution in [0, 0.1) is 0 Å². The van der Waals surface area contributed by atoms with Crippen molar-refractivity contribution >= 4 is 32.3 Å². The second-order valence-electron chi connectivity index (χ2n) is 6.21. The molecule has 0 fully saturated rings. The summed E-state index contributed by atoms with van der Waals surface area (Å²) in [6.07, 6.45) is 2.76. The predicted molar refractivity (Wildman–Crippen MR) is 88.0 cm³/mol. The van der Waals surface area contributed by atoms with Gasteiger partial charge in [-0.15, -0.1) is 0 Å². The van der Waals surface area contributed by atoms with Crippen molar-refractivity contribution < 1.29 is 5.11 Å². The second kappa shape index (κ2) is 3.96. The second-order valence-corrected chi connectivity index (χ2v) is 6.21. The van der Waals surface area contributed by atoms with Crippen LogP contribution in [-0.4, -0.2) is 5.11 Å². The molecule has 0 saturated carbocycles. The first-order valence-corrected chi connectivity index (χ1v) is 7.70. The molecule has 4 aromatic rings. The number of fused-ring (bicyclic) bond motifs is 2. The maximum atomic E-state index is 10.3. The molecule has 21 heavy (non-hydrogen) atoms. The van der Waals surface area contributed by atoms with E-state index in [4.69, 9.17) is 0 Å². The van der Waals surface area contributed by atoms with Gasteiger partial charge >= 0.3 is 0 Å². The molecule has 1 atom stereocenters. The number of hydrogen-bond donors (Lipinski definition) is 1. The van der Waals surface area contributed by atoms with Gasteiger partial charge in [0.2, 0.25) is 0 Å². The summed E-state index contributed by atoms with van der Waals surface area (Å²) in [6, 6.07) is 17.6. The van der Waals surface area contributed by atoms with E-state index in [1.165, 1.54) is 37.9 Å². The third-order valence-electron chi connectivity index (χ3n) is 5.06. The van der Waals surface area contributed by atoms with Crippen molar-refractivity contribution in [3.8, 4) is 0 Å². The quantitative estimate of drug-likeness (QED) is 0.449. The molecule has 0 heterocycles. The highest BCUT2D eigenvalue weighted by Gasteiger charge is 2.22. The van der Waals surface area contributed by atoms with Gasteiger partial charge in [0.05, 0.1) is 6.10 Å². The van der Waals surface area contributed by atoms with Crippen molar-refractivity contribution in [1.29, 1.82) is 0 Å². The van der Waals surface area contributed by atoms with E-state index >= 15 is 0 Å². The number of benzene rings is 4. The first-order valence-electron chi connectivity index (χ1n) is 7.70. The topological polar surface area (TPSA) is 20.2 Å². The van der Waals surface area contributed by atoms with Crippen LogP contribution in [0.15, 0.2) is 48.5 Å². The normalized spacial score (nSPS) is 18.6. The maximum absolute atomic E-state index is 10.3. The summed E-state index contributed by atoms with van der Waals surface area (Å²) in [6.45, 7) is 0. The molecule has 0 spiro atoms. The highest BCUT2D eigenvalue weighted by molar-refractivity contribution is 6.23. The lowest BCUT2D eigenvalue weighted by atomic mass is 9.82. The van der Waals surface area contributed by atoms with Crippen LogP contribution in [0.25, 0.3) is 32.3 Å². The molecule has 0 bridgehead atoms. The van der Waals surface area contributed by atoms with Gasteiger partial charge in [0.25, 0.3) is 0 Å². The first-order chi connectivity index (χ1) is 10.3. The van der Waals surface area contributed by atoms with Gasteiger partial charge in [-0.3, -0.25) is 0 Å². The van der Waals surface area contributed by atoms with E-state index < -0.39 is 0 Å². The monoisotopic (exact) mass is 272 g/mol. The summed E-state index contributed by atoms with van der Waals surface area (Å²) in [5.41, 5.74) is 2.51. The maximum Gasteiger partial charge on any atom is 0.0793 e. The van der Waals surface area contributed by atoms with Gasteiger partial charge in [0.15, 0.2) is 0 Å². The lowest BCUT2D eigenvalue weighted by Crippen LogP contribution is -2.09. The Labute approximate surface area is 123 Å². The van der Waals surface area contributed by atoms with E-state index in [0.29, 0.717) is 0 Å². The smallest absolute Gasteiger partial charge is 0.0793 e. The lowest BCUT2D eigenvalue weighted by molar-refractivity contribution is 0.157. The molecule has 5 rings (SSSR count). The molecule has 1 aliphatic carbocycles. The summed E-state index contributed by atoms with van der Waals surface area (Å²) in [5.74, 6) is 0. The molecule has 0 amide bonds. The molecule has 1 nitrogen and oxygen atoms in total. The number of hydrogen-bond acceptors (Lipinski definition) is 1. The van der Waals surface area contributed by atoms with Gasteiger partial charge in [-0.1, -0.05) is 42.5 Å². The van der Waals surface area contributed by atoms with E-state index in [1.54, 1.807) is 0 Å². The Kier molecular flexibility index (Phi) is 2.17. The summed E-state index contributed by atoms with van der Waals surface area (Å²) in [4.78, 5) is 0. The molecule has 0 saturated heterocycles. The van der Waals surface area contributed by atoms with Crippen molar-refractivity contribution in [2.45, 2.75) is 25.4 Å². The fraction of sp³-hybridized carbons (Fsp3) is 0.200. The van der Waals surface area contributed by atoms with Crippen LogP contribution in [0.1, 0.15) is 30.1 Å². The van der Waals surface area contributed by atoms with Crippen LogP contribution in [0.3, 0.4) is 0 Å². The van der Waals surface area contributed by atoms with Gasteiger partial charge in [-0.2, -0.15) is 0 Å². The number of aliphatic hydroxyl groups is 1. The largest absolute Gasteiger partial charge is 0.388 e. The van der Waals surface area contributed by atoms with Gasteiger partial charge in [-0.05, 0) is 68.8 Å². The SMILES string of the molecule is O[C@H]1CCCc2c1cc1ccc3cccc4ccc2c1c34. The standard InChI is InChI=1S/C20H16O/c21-18-6-2-5-15-16-10-9-13-4-1-3-12-7-8-14(11-17(15)18)20(16)19(12)13/h1,3-4,7-11,18,21H,2,5-6H2/t18-/m0/s1. The van der Waals surface area contributed by atoms with Crippen molar-refractivity contribution in [3.05, 3.63) is 59.7 Å². The minimum atomic E-state index is -0.296. The van der Waals surface area contributed by atoms with Gasteiger partial charge in [-0.25, -0.2) is 0 Å². The third-order valence-corrected chi connectivity index (χ3v) is 5.06. The predicted octanol–water partition coefficient (Wildman–Crippen LogP) is 4.95. The van der Waals surface area contributed by atoms with Crippen LogP contribution in [0.5, 0.6) is 0 Å². The summed E-state index contributed by atoms with van der Waals surface area (Å²) in [7, 11) is 0. The van der Waals surface area contributed by atoms with Gasteiger partial charge in [0.1, 0.15) is 0 Å². The van der Waals surface area contributed by atoms with E-state index in [0.717, 1.165) is 24.8 Å². The zero-order valence-electron chi connectivity index (χ0n) is 11.8. The molecule has 102 valence electrons. The molecular weight excluding hydrogens is 256 g/mol. The van der Waals surface area contributed by atoms with E-state index in [-0.39, 0.29) is 6.10 Å². The average molecular weight is 272 g/mol. The molecular formula is C20H16O. The van der Waals surface area contributed by atoms with Crippen LogP contribution in [0.2, 0.25) is 0 Å². The minimum Gasteiger partial charge on any atom is -0.388 e. The molecule has 0 aromatic heterocycles.